The Balaban J connectivity index is 2.06. The summed E-state index contributed by atoms with van der Waals surface area (Å²) in [6.07, 6.45) is 6.23. The summed E-state index contributed by atoms with van der Waals surface area (Å²) in [5.41, 5.74) is 2.55. The third-order valence-corrected chi connectivity index (χ3v) is 12.0. The largest absolute Gasteiger partial charge is 0.508 e. The molecule has 3 rings (SSSR count). The average molecular weight is 663 g/mol. The highest BCUT2D eigenvalue weighted by atomic mass is 79.9. The van der Waals surface area contributed by atoms with E-state index in [1.54, 1.807) is 12.1 Å². The van der Waals surface area contributed by atoms with E-state index >= 15 is 0 Å². The number of allylic oxidation sites excluding steroid dienone is 1. The minimum atomic E-state index is -0.350. The van der Waals surface area contributed by atoms with Crippen molar-refractivity contribution in [3.05, 3.63) is 41.5 Å². The molecule has 190 valence electrons. The van der Waals surface area contributed by atoms with Gasteiger partial charge in [0.15, 0.2) is 0 Å². The zero-order valence-electron chi connectivity index (χ0n) is 21.1. The van der Waals surface area contributed by atoms with E-state index in [4.69, 9.17) is 4.74 Å². The van der Waals surface area contributed by atoms with Gasteiger partial charge in [-0.25, -0.2) is 4.79 Å². The van der Waals surface area contributed by atoms with Gasteiger partial charge in [-0.2, -0.15) is 0 Å². The number of benzene rings is 1. The fourth-order valence-electron chi connectivity index (χ4n) is 5.53. The summed E-state index contributed by atoms with van der Waals surface area (Å²) in [7, 11) is 0. The molecule has 2 aliphatic rings. The second-order valence-electron chi connectivity index (χ2n) is 11.8. The molecule has 0 aromatic heterocycles. The second-order valence-corrected chi connectivity index (χ2v) is 16.0. The Bertz CT molecular complexity index is 920. The fourth-order valence-corrected chi connectivity index (χ4v) is 7.09. The number of alkyl halides is 3. The Labute approximate surface area is 230 Å². The van der Waals surface area contributed by atoms with Gasteiger partial charge >= 0.3 is 5.97 Å². The molecule has 1 aromatic carbocycles. The Morgan fingerprint density at radius 3 is 2.41 bits per heavy atom. The molecule has 0 saturated heterocycles. The Kier molecular flexibility index (Phi) is 8.78. The van der Waals surface area contributed by atoms with Gasteiger partial charge in [0.2, 0.25) is 0 Å². The summed E-state index contributed by atoms with van der Waals surface area (Å²) in [5.74, 6) is 0.0972. The molecule has 1 aromatic rings. The number of fused-ring (bicyclic) bond motifs is 3. The van der Waals surface area contributed by atoms with Crippen LogP contribution in [0.3, 0.4) is 0 Å². The molecule has 0 amide bonds. The first-order valence-electron chi connectivity index (χ1n) is 12.3. The minimum Gasteiger partial charge on any atom is -0.508 e. The third kappa shape index (κ3) is 6.14. The van der Waals surface area contributed by atoms with Crippen LogP contribution < -0.4 is 0 Å². The van der Waals surface area contributed by atoms with Crippen LogP contribution in [0.5, 0.6) is 5.75 Å². The molecule has 1 aliphatic heterocycles. The molecule has 34 heavy (non-hydrogen) atoms. The van der Waals surface area contributed by atoms with Crippen molar-refractivity contribution in [2.75, 3.05) is 0 Å². The number of carbonyl (C=O) groups excluding carboxylic acids is 1. The van der Waals surface area contributed by atoms with E-state index in [1.165, 1.54) is 5.57 Å². The molecule has 1 aliphatic carbocycles. The van der Waals surface area contributed by atoms with E-state index < -0.39 is 0 Å². The van der Waals surface area contributed by atoms with Gasteiger partial charge in [0.1, 0.15) is 11.9 Å². The van der Waals surface area contributed by atoms with E-state index in [0.29, 0.717) is 21.6 Å². The molecular weight excluding hydrogens is 624 g/mol. The lowest BCUT2D eigenvalue weighted by Crippen LogP contribution is -2.43. The predicted octanol–water partition coefficient (Wildman–Crippen LogP) is 8.73. The molecule has 6 heteroatoms. The van der Waals surface area contributed by atoms with Crippen LogP contribution in [0.25, 0.3) is 0 Å². The van der Waals surface area contributed by atoms with Gasteiger partial charge in [-0.05, 0) is 99.3 Å². The molecule has 0 radical (unpaired) electrons. The zero-order valence-corrected chi connectivity index (χ0v) is 25.9. The molecular formula is C28H39Br3O3. The number of phenolic OH excluding ortho intramolecular Hbond substituents is 1. The average Bonchev–Trinajstić information content (AvgIpc) is 2.75. The van der Waals surface area contributed by atoms with Crippen molar-refractivity contribution in [3.63, 3.8) is 0 Å². The summed E-state index contributed by atoms with van der Waals surface area (Å²) in [6, 6.07) is 5.11. The molecule has 1 heterocycles. The van der Waals surface area contributed by atoms with Gasteiger partial charge in [-0.1, -0.05) is 80.7 Å². The van der Waals surface area contributed by atoms with Crippen molar-refractivity contribution in [2.45, 2.75) is 99.6 Å². The molecule has 0 unspecified atom stereocenters. The van der Waals surface area contributed by atoms with Crippen LogP contribution in [0.15, 0.2) is 30.4 Å². The zero-order chi connectivity index (χ0) is 25.5. The number of ether oxygens (including phenoxy) is 1. The van der Waals surface area contributed by atoms with Gasteiger partial charge in [0.05, 0.1) is 9.89 Å². The van der Waals surface area contributed by atoms with Crippen molar-refractivity contribution < 1.29 is 14.6 Å². The standard InChI is InChI=1S/C28H39Br3O3/c1-17-7-10-23(30)28(6)14-11-22(29)26(2,3)13-12-24(27(4,5)31)34-25(33)18-8-9-21(32)19(15-18)16-20(17)28/h8-9,15,20,22-24,32H,1,7,10-14,16H2,2-6H3/t20-,22-,23+,24+,28+/m1/s1. The van der Waals surface area contributed by atoms with E-state index in [0.717, 1.165) is 44.1 Å². The summed E-state index contributed by atoms with van der Waals surface area (Å²) < 4.78 is 5.71. The molecule has 0 spiro atoms. The number of aromatic hydroxyl groups is 1. The van der Waals surface area contributed by atoms with Crippen LogP contribution in [-0.2, 0) is 11.2 Å². The van der Waals surface area contributed by atoms with Crippen molar-refractivity contribution in [3.8, 4) is 5.75 Å². The maximum atomic E-state index is 13.2. The van der Waals surface area contributed by atoms with Gasteiger partial charge in [-0.3, -0.25) is 0 Å². The van der Waals surface area contributed by atoms with Crippen LogP contribution in [0.2, 0.25) is 0 Å². The lowest BCUT2D eigenvalue weighted by atomic mass is 9.61. The van der Waals surface area contributed by atoms with Crippen molar-refractivity contribution >= 4 is 53.8 Å². The van der Waals surface area contributed by atoms with Crippen molar-refractivity contribution in [2.24, 2.45) is 16.7 Å². The number of carbonyl (C=O) groups is 1. The molecule has 5 atom stereocenters. The summed E-state index contributed by atoms with van der Waals surface area (Å²) in [5, 5.41) is 10.7. The number of esters is 1. The van der Waals surface area contributed by atoms with E-state index in [1.807, 2.05) is 19.9 Å². The van der Waals surface area contributed by atoms with Gasteiger partial charge < -0.3 is 9.84 Å². The monoisotopic (exact) mass is 660 g/mol. The highest BCUT2D eigenvalue weighted by Gasteiger charge is 2.45. The molecule has 1 N–H and O–H groups in total. The Hall–Kier alpha value is -0.330. The fraction of sp³-hybridized carbons (Fsp3) is 0.679. The van der Waals surface area contributed by atoms with Crippen LogP contribution in [-0.4, -0.2) is 31.2 Å². The highest BCUT2D eigenvalue weighted by molar-refractivity contribution is 9.10. The lowest BCUT2D eigenvalue weighted by molar-refractivity contribution is 0.0178. The van der Waals surface area contributed by atoms with Crippen LogP contribution in [0.4, 0.5) is 0 Å². The maximum Gasteiger partial charge on any atom is 0.338 e. The first-order chi connectivity index (χ1) is 15.6. The van der Waals surface area contributed by atoms with Crippen molar-refractivity contribution in [1.82, 2.24) is 0 Å². The first kappa shape index (κ1) is 28.2. The molecule has 1 saturated carbocycles. The SMILES string of the molecule is C=C1CC[C@H](Br)[C@@]2(C)CC[C@@H](Br)C(C)(C)CC[C@@H](C(C)(C)Br)OC(=O)c3ccc(O)c(c3)C[C@H]12. The van der Waals surface area contributed by atoms with E-state index in [-0.39, 0.29) is 38.9 Å². The number of cyclic esters (lactones) is 1. The van der Waals surface area contributed by atoms with Crippen LogP contribution in [0.1, 0.15) is 89.1 Å². The number of hydrogen-bond donors (Lipinski definition) is 1. The minimum absolute atomic E-state index is 0.000944. The normalized spacial score (nSPS) is 33.3. The number of hydrogen-bond acceptors (Lipinski definition) is 3. The Morgan fingerprint density at radius 1 is 1.09 bits per heavy atom. The number of rotatable bonds is 1. The van der Waals surface area contributed by atoms with E-state index in [9.17, 15) is 9.90 Å². The Morgan fingerprint density at radius 2 is 1.76 bits per heavy atom. The molecule has 1 fully saturated rings. The first-order valence-corrected chi connectivity index (χ1v) is 14.9. The van der Waals surface area contributed by atoms with Crippen LogP contribution >= 0.6 is 47.8 Å². The van der Waals surface area contributed by atoms with E-state index in [2.05, 4.69) is 75.1 Å². The quantitative estimate of drug-likeness (QED) is 0.186. The summed E-state index contributed by atoms with van der Waals surface area (Å²) >= 11 is 11.8. The molecule has 3 nitrogen and oxygen atoms in total. The topological polar surface area (TPSA) is 46.5 Å². The third-order valence-electron chi connectivity index (χ3n) is 8.31. The van der Waals surface area contributed by atoms with Gasteiger partial charge in [-0.15, -0.1) is 0 Å². The highest BCUT2D eigenvalue weighted by Crippen LogP contribution is 2.53. The lowest BCUT2D eigenvalue weighted by Gasteiger charge is -2.48. The molecule has 2 bridgehead atoms. The smallest absolute Gasteiger partial charge is 0.338 e. The maximum absolute atomic E-state index is 13.2. The number of phenols is 1. The van der Waals surface area contributed by atoms with Crippen LogP contribution in [0, 0.1) is 16.7 Å². The predicted molar refractivity (Wildman–Crippen MR) is 152 cm³/mol. The summed E-state index contributed by atoms with van der Waals surface area (Å²) in [4.78, 5) is 13.9. The van der Waals surface area contributed by atoms with Gasteiger partial charge in [0.25, 0.3) is 0 Å². The van der Waals surface area contributed by atoms with Gasteiger partial charge in [0, 0.05) is 9.65 Å². The number of halogens is 3. The van der Waals surface area contributed by atoms with Crippen molar-refractivity contribution in [1.29, 1.82) is 0 Å². The summed E-state index contributed by atoms with van der Waals surface area (Å²) in [6.45, 7) is 15.5. The second kappa shape index (κ2) is 10.6.